The number of ether oxygens (including phenoxy) is 1. The molecule has 1 aliphatic rings. The summed E-state index contributed by atoms with van der Waals surface area (Å²) < 4.78 is 4.81. The van der Waals surface area contributed by atoms with Crippen molar-refractivity contribution in [3.8, 4) is 0 Å². The van der Waals surface area contributed by atoms with E-state index in [1.54, 1.807) is 0 Å². The molecular formula is C13H18N2O2. The zero-order valence-corrected chi connectivity index (χ0v) is 10.1. The first-order chi connectivity index (χ1) is 8.27. The van der Waals surface area contributed by atoms with E-state index in [0.29, 0.717) is 0 Å². The van der Waals surface area contributed by atoms with E-state index < -0.39 is 0 Å². The van der Waals surface area contributed by atoms with Crippen LogP contribution < -0.4 is 10.6 Å². The van der Waals surface area contributed by atoms with Gasteiger partial charge in [-0.3, -0.25) is 0 Å². The quantitative estimate of drug-likeness (QED) is 0.791. The lowest BCUT2D eigenvalue weighted by molar-refractivity contribution is -0.142. The molecule has 1 aromatic rings. The fourth-order valence-electron chi connectivity index (χ4n) is 2.37. The molecule has 0 radical (unpaired) electrons. The van der Waals surface area contributed by atoms with Crippen LogP contribution in [0.25, 0.3) is 0 Å². The molecule has 1 heterocycles. The van der Waals surface area contributed by atoms with Gasteiger partial charge in [-0.1, -0.05) is 18.2 Å². The minimum atomic E-state index is -0.374. The van der Waals surface area contributed by atoms with E-state index in [1.807, 2.05) is 18.2 Å². The van der Waals surface area contributed by atoms with Crippen LogP contribution in [0.1, 0.15) is 12.0 Å². The molecule has 0 amide bonds. The van der Waals surface area contributed by atoms with Crippen molar-refractivity contribution in [1.29, 1.82) is 0 Å². The van der Waals surface area contributed by atoms with Gasteiger partial charge in [-0.25, -0.2) is 4.79 Å². The molecule has 0 aromatic heterocycles. The summed E-state index contributed by atoms with van der Waals surface area (Å²) in [6.45, 7) is 1.13. The van der Waals surface area contributed by atoms with Gasteiger partial charge in [0.05, 0.1) is 7.11 Å². The maximum Gasteiger partial charge on any atom is 0.329 e. The van der Waals surface area contributed by atoms with Gasteiger partial charge in [0.25, 0.3) is 0 Å². The van der Waals surface area contributed by atoms with Gasteiger partial charge < -0.3 is 15.4 Å². The number of anilines is 1. The molecule has 0 aliphatic carbocycles. The van der Waals surface area contributed by atoms with Crippen molar-refractivity contribution in [2.24, 2.45) is 5.73 Å². The van der Waals surface area contributed by atoms with Crippen molar-refractivity contribution in [3.63, 3.8) is 0 Å². The average Bonchev–Trinajstić information content (AvgIpc) is 2.39. The molecule has 0 saturated carbocycles. The Kier molecular flexibility index (Phi) is 3.64. The molecule has 17 heavy (non-hydrogen) atoms. The molecule has 1 unspecified atom stereocenters. The Morgan fingerprint density at radius 2 is 2.29 bits per heavy atom. The van der Waals surface area contributed by atoms with Crippen molar-refractivity contribution in [2.75, 3.05) is 25.1 Å². The van der Waals surface area contributed by atoms with E-state index in [1.165, 1.54) is 12.7 Å². The van der Waals surface area contributed by atoms with Gasteiger partial charge in [-0.15, -0.1) is 0 Å². The number of carbonyl (C=O) groups excluding carboxylic acids is 1. The SMILES string of the molecule is COC(=O)C(CN)N1CCCc2ccccc21. The van der Waals surface area contributed by atoms with E-state index in [9.17, 15) is 4.79 Å². The Bertz CT molecular complexity index is 406. The fraction of sp³-hybridized carbons (Fsp3) is 0.462. The Balaban J connectivity index is 2.30. The maximum absolute atomic E-state index is 11.7. The van der Waals surface area contributed by atoms with Crippen molar-refractivity contribution < 1.29 is 9.53 Å². The summed E-state index contributed by atoms with van der Waals surface area (Å²) in [6, 6.07) is 7.79. The summed E-state index contributed by atoms with van der Waals surface area (Å²) in [5, 5.41) is 0. The van der Waals surface area contributed by atoms with Crippen LogP contribution in [0.2, 0.25) is 0 Å². The topological polar surface area (TPSA) is 55.6 Å². The first kappa shape index (κ1) is 11.9. The summed E-state index contributed by atoms with van der Waals surface area (Å²) in [6.07, 6.45) is 2.11. The van der Waals surface area contributed by atoms with Crippen molar-refractivity contribution in [2.45, 2.75) is 18.9 Å². The monoisotopic (exact) mass is 234 g/mol. The molecule has 0 saturated heterocycles. The molecule has 92 valence electrons. The van der Waals surface area contributed by atoms with E-state index in [4.69, 9.17) is 10.5 Å². The highest BCUT2D eigenvalue weighted by Gasteiger charge is 2.28. The van der Waals surface area contributed by atoms with Crippen LogP contribution in [-0.4, -0.2) is 32.2 Å². The number of carbonyl (C=O) groups is 1. The number of hydrogen-bond acceptors (Lipinski definition) is 4. The second kappa shape index (κ2) is 5.19. The smallest absolute Gasteiger partial charge is 0.329 e. The third kappa shape index (κ3) is 2.26. The minimum absolute atomic E-state index is 0.260. The Morgan fingerprint density at radius 3 is 3.00 bits per heavy atom. The van der Waals surface area contributed by atoms with Gasteiger partial charge in [0.15, 0.2) is 0 Å². The normalized spacial score (nSPS) is 16.2. The Morgan fingerprint density at radius 1 is 1.53 bits per heavy atom. The van der Waals surface area contributed by atoms with E-state index in [0.717, 1.165) is 25.1 Å². The molecule has 2 rings (SSSR count). The number of nitrogens with two attached hydrogens (primary N) is 1. The van der Waals surface area contributed by atoms with Gasteiger partial charge in [0, 0.05) is 18.8 Å². The number of benzene rings is 1. The molecule has 1 atom stereocenters. The zero-order valence-electron chi connectivity index (χ0n) is 10.1. The van der Waals surface area contributed by atoms with Crippen LogP contribution in [0.4, 0.5) is 5.69 Å². The lowest BCUT2D eigenvalue weighted by Crippen LogP contribution is -2.49. The number of methoxy groups -OCH3 is 1. The van der Waals surface area contributed by atoms with Gasteiger partial charge in [-0.2, -0.15) is 0 Å². The molecule has 4 nitrogen and oxygen atoms in total. The number of esters is 1. The molecule has 1 aliphatic heterocycles. The molecule has 0 spiro atoms. The Hall–Kier alpha value is -1.55. The van der Waals surface area contributed by atoms with E-state index in [2.05, 4.69) is 11.0 Å². The van der Waals surface area contributed by atoms with Crippen molar-refractivity contribution in [1.82, 2.24) is 0 Å². The lowest BCUT2D eigenvalue weighted by Gasteiger charge is -2.35. The van der Waals surface area contributed by atoms with Crippen LogP contribution in [0.5, 0.6) is 0 Å². The highest BCUT2D eigenvalue weighted by Crippen LogP contribution is 2.28. The second-order valence-corrected chi connectivity index (χ2v) is 4.20. The van der Waals surface area contributed by atoms with Crippen LogP contribution in [-0.2, 0) is 16.0 Å². The highest BCUT2D eigenvalue weighted by atomic mass is 16.5. The van der Waals surface area contributed by atoms with Gasteiger partial charge in [0.2, 0.25) is 0 Å². The van der Waals surface area contributed by atoms with Crippen LogP contribution >= 0.6 is 0 Å². The maximum atomic E-state index is 11.7. The number of aryl methyl sites for hydroxylation is 1. The number of fused-ring (bicyclic) bond motifs is 1. The first-order valence-corrected chi connectivity index (χ1v) is 5.90. The number of rotatable bonds is 3. The molecule has 0 bridgehead atoms. The van der Waals surface area contributed by atoms with E-state index in [-0.39, 0.29) is 18.6 Å². The first-order valence-electron chi connectivity index (χ1n) is 5.90. The number of para-hydroxylation sites is 1. The Labute approximate surface area is 101 Å². The predicted octanol–water partition coefficient (Wildman–Crippen LogP) is 0.940. The molecule has 1 aromatic carbocycles. The fourth-order valence-corrected chi connectivity index (χ4v) is 2.37. The summed E-state index contributed by atoms with van der Waals surface area (Å²) in [7, 11) is 1.40. The summed E-state index contributed by atoms with van der Waals surface area (Å²) >= 11 is 0. The number of nitrogens with zero attached hydrogens (tertiary/aromatic N) is 1. The standard InChI is InChI=1S/C13H18N2O2/c1-17-13(16)12(9-14)15-8-4-6-10-5-2-3-7-11(10)15/h2-3,5,7,12H,4,6,8-9,14H2,1H3. The summed E-state index contributed by atoms with van der Waals surface area (Å²) in [5.74, 6) is -0.260. The molecule has 2 N–H and O–H groups in total. The largest absolute Gasteiger partial charge is 0.467 e. The highest BCUT2D eigenvalue weighted by molar-refractivity contribution is 5.81. The molecular weight excluding hydrogens is 216 g/mol. The average molecular weight is 234 g/mol. The van der Waals surface area contributed by atoms with Crippen LogP contribution in [0.3, 0.4) is 0 Å². The van der Waals surface area contributed by atoms with Crippen molar-refractivity contribution in [3.05, 3.63) is 29.8 Å². The van der Waals surface area contributed by atoms with E-state index >= 15 is 0 Å². The van der Waals surface area contributed by atoms with Crippen LogP contribution in [0, 0.1) is 0 Å². The van der Waals surface area contributed by atoms with Crippen molar-refractivity contribution >= 4 is 11.7 Å². The van der Waals surface area contributed by atoms with Crippen LogP contribution in [0.15, 0.2) is 24.3 Å². The van der Waals surface area contributed by atoms with Gasteiger partial charge >= 0.3 is 5.97 Å². The summed E-state index contributed by atoms with van der Waals surface area (Å²) in [4.78, 5) is 13.8. The van der Waals surface area contributed by atoms with Gasteiger partial charge in [0.1, 0.15) is 6.04 Å². The predicted molar refractivity (Wildman–Crippen MR) is 67.0 cm³/mol. The van der Waals surface area contributed by atoms with Gasteiger partial charge in [-0.05, 0) is 24.5 Å². The zero-order chi connectivity index (χ0) is 12.3. The molecule has 0 fully saturated rings. The third-order valence-corrected chi connectivity index (χ3v) is 3.22. The lowest BCUT2D eigenvalue weighted by atomic mass is 10.00. The minimum Gasteiger partial charge on any atom is -0.467 e. The second-order valence-electron chi connectivity index (χ2n) is 4.20. The number of hydrogen-bond donors (Lipinski definition) is 1. The summed E-state index contributed by atoms with van der Waals surface area (Å²) in [5.41, 5.74) is 8.08. The molecule has 4 heteroatoms. The third-order valence-electron chi connectivity index (χ3n) is 3.22.